The molecule has 0 atom stereocenters. The van der Waals surface area contributed by atoms with Crippen molar-refractivity contribution >= 4 is 5.69 Å². The molecule has 0 amide bonds. The zero-order valence-corrected chi connectivity index (χ0v) is 5.07. The minimum absolute atomic E-state index is 0.402. The van der Waals surface area contributed by atoms with Gasteiger partial charge in [0.1, 0.15) is 0 Å². The maximum absolute atomic E-state index is 8.36. The summed E-state index contributed by atoms with van der Waals surface area (Å²) in [6.07, 6.45) is 2.85. The number of nitrogens with zero attached hydrogens (tertiary/aromatic N) is 3. The van der Waals surface area contributed by atoms with Crippen LogP contribution in [0.3, 0.4) is 0 Å². The van der Waals surface area contributed by atoms with Crippen LogP contribution in [0, 0.1) is 17.9 Å². The van der Waals surface area contributed by atoms with Crippen LogP contribution in [-0.4, -0.2) is 4.98 Å². The largest absolute Gasteiger partial charge is 0.275 e. The zero-order valence-electron chi connectivity index (χ0n) is 5.07. The summed E-state index contributed by atoms with van der Waals surface area (Å²) in [4.78, 5) is 6.81. The van der Waals surface area contributed by atoms with Gasteiger partial charge in [-0.2, -0.15) is 5.26 Å². The summed E-state index contributed by atoms with van der Waals surface area (Å²) in [5.41, 5.74) is 0.826. The fourth-order valence-electron chi connectivity index (χ4n) is 0.550. The van der Waals surface area contributed by atoms with Crippen LogP contribution in [0.25, 0.3) is 4.85 Å². The number of nitriles is 1. The van der Waals surface area contributed by atoms with Crippen molar-refractivity contribution in [1.29, 1.82) is 5.26 Å². The molecule has 0 spiro atoms. The van der Waals surface area contributed by atoms with Crippen LogP contribution in [0.2, 0.25) is 0 Å². The second-order valence-corrected chi connectivity index (χ2v) is 1.66. The number of hydrogen-bond donors (Lipinski definition) is 0. The molecule has 0 fully saturated rings. The molecule has 3 heteroatoms. The Labute approximate surface area is 58.4 Å². The molecule has 1 heterocycles. The van der Waals surface area contributed by atoms with Crippen molar-refractivity contribution in [2.24, 2.45) is 0 Å². The smallest absolute Gasteiger partial charge is 0.206 e. The summed E-state index contributed by atoms with van der Waals surface area (Å²) in [6, 6.07) is 3.40. The van der Waals surface area contributed by atoms with Crippen LogP contribution in [0.4, 0.5) is 5.69 Å². The normalized spacial score (nSPS) is 7.80. The van der Waals surface area contributed by atoms with Crippen molar-refractivity contribution in [2.45, 2.75) is 0 Å². The maximum Gasteiger partial charge on any atom is 0.206 e. The molecule has 0 aliphatic carbocycles. The van der Waals surface area contributed by atoms with Gasteiger partial charge in [0.2, 0.25) is 5.69 Å². The van der Waals surface area contributed by atoms with Gasteiger partial charge in [0, 0.05) is 12.4 Å². The molecule has 0 unspecified atom stereocenters. The lowest BCUT2D eigenvalue weighted by molar-refractivity contribution is 1.31. The first-order chi connectivity index (χ1) is 4.86. The van der Waals surface area contributed by atoms with Crippen molar-refractivity contribution in [1.82, 2.24) is 4.98 Å². The standard InChI is InChI=1S/C7H3N3/c1-9-7-2-6(3-8)4-10-5-7/h2,4-5H. The Kier molecular flexibility index (Phi) is 1.63. The Bertz CT molecular complexity index is 287. The third kappa shape index (κ3) is 1.10. The lowest BCUT2D eigenvalue weighted by atomic mass is 10.3. The van der Waals surface area contributed by atoms with Gasteiger partial charge >= 0.3 is 0 Å². The van der Waals surface area contributed by atoms with Gasteiger partial charge in [-0.1, -0.05) is 0 Å². The highest BCUT2D eigenvalue weighted by atomic mass is 14.7. The zero-order chi connectivity index (χ0) is 7.40. The lowest BCUT2D eigenvalue weighted by Gasteiger charge is -1.86. The lowest BCUT2D eigenvalue weighted by Crippen LogP contribution is -1.74. The second-order valence-electron chi connectivity index (χ2n) is 1.66. The Morgan fingerprint density at radius 2 is 2.40 bits per heavy atom. The van der Waals surface area contributed by atoms with Crippen molar-refractivity contribution in [3.05, 3.63) is 35.4 Å². The molecule has 1 aromatic rings. The molecule has 10 heavy (non-hydrogen) atoms. The molecule has 1 rings (SSSR count). The van der Waals surface area contributed by atoms with E-state index in [2.05, 4.69) is 9.83 Å². The Balaban J connectivity index is 3.17. The highest BCUT2D eigenvalue weighted by Gasteiger charge is 1.91. The molecule has 0 saturated heterocycles. The van der Waals surface area contributed by atoms with E-state index in [1.54, 1.807) is 0 Å². The summed E-state index contributed by atoms with van der Waals surface area (Å²) in [5, 5.41) is 8.36. The molecule has 0 aliphatic heterocycles. The third-order valence-electron chi connectivity index (χ3n) is 0.982. The highest BCUT2D eigenvalue weighted by molar-refractivity contribution is 5.46. The molecule has 46 valence electrons. The van der Waals surface area contributed by atoms with Crippen LogP contribution < -0.4 is 0 Å². The summed E-state index contributed by atoms with van der Waals surface area (Å²) < 4.78 is 0. The van der Waals surface area contributed by atoms with E-state index >= 15 is 0 Å². The van der Waals surface area contributed by atoms with Crippen molar-refractivity contribution in [2.75, 3.05) is 0 Å². The van der Waals surface area contributed by atoms with Crippen LogP contribution in [-0.2, 0) is 0 Å². The third-order valence-corrected chi connectivity index (χ3v) is 0.982. The predicted molar refractivity (Wildman–Crippen MR) is 35.2 cm³/mol. The van der Waals surface area contributed by atoms with E-state index in [9.17, 15) is 0 Å². The molecule has 0 aliphatic rings. The van der Waals surface area contributed by atoms with E-state index in [-0.39, 0.29) is 0 Å². The molecular formula is C7H3N3. The monoisotopic (exact) mass is 129 g/mol. The quantitative estimate of drug-likeness (QED) is 0.498. The van der Waals surface area contributed by atoms with Crippen LogP contribution >= 0.6 is 0 Å². The molecule has 0 N–H and O–H groups in total. The average Bonchev–Trinajstić information content (AvgIpc) is 2.05. The number of hydrogen-bond acceptors (Lipinski definition) is 2. The average molecular weight is 129 g/mol. The highest BCUT2D eigenvalue weighted by Crippen LogP contribution is 2.09. The predicted octanol–water partition coefficient (Wildman–Crippen LogP) is 1.50. The number of pyridine rings is 1. The number of rotatable bonds is 0. The summed E-state index contributed by atoms with van der Waals surface area (Å²) >= 11 is 0. The Hall–Kier alpha value is -1.87. The minimum atomic E-state index is 0.402. The van der Waals surface area contributed by atoms with Gasteiger partial charge in [-0.05, 0) is 6.07 Å². The van der Waals surface area contributed by atoms with Crippen molar-refractivity contribution in [3.8, 4) is 6.07 Å². The molecule has 0 bridgehead atoms. The van der Waals surface area contributed by atoms with Crippen LogP contribution in [0.1, 0.15) is 5.56 Å². The van der Waals surface area contributed by atoms with Gasteiger partial charge in [-0.3, -0.25) is 4.98 Å². The first-order valence-electron chi connectivity index (χ1n) is 2.59. The molecule has 0 aromatic carbocycles. The Morgan fingerprint density at radius 3 is 3.00 bits per heavy atom. The van der Waals surface area contributed by atoms with Gasteiger partial charge in [0.25, 0.3) is 0 Å². The van der Waals surface area contributed by atoms with Crippen molar-refractivity contribution < 1.29 is 0 Å². The molecule has 0 radical (unpaired) electrons. The first-order valence-corrected chi connectivity index (χ1v) is 2.59. The van der Waals surface area contributed by atoms with E-state index in [1.807, 2.05) is 6.07 Å². The van der Waals surface area contributed by atoms with Crippen LogP contribution in [0.15, 0.2) is 18.5 Å². The van der Waals surface area contributed by atoms with Gasteiger partial charge < -0.3 is 0 Å². The number of aromatic nitrogens is 1. The molecule has 1 aromatic heterocycles. The van der Waals surface area contributed by atoms with E-state index in [0.29, 0.717) is 11.3 Å². The minimum Gasteiger partial charge on any atom is -0.275 e. The van der Waals surface area contributed by atoms with Gasteiger partial charge in [0.15, 0.2) is 0 Å². The summed E-state index contributed by atoms with van der Waals surface area (Å²) in [6.45, 7) is 6.59. The van der Waals surface area contributed by atoms with E-state index in [1.165, 1.54) is 18.5 Å². The molecular weight excluding hydrogens is 126 g/mol. The maximum atomic E-state index is 8.36. The summed E-state index contributed by atoms with van der Waals surface area (Å²) in [5.74, 6) is 0. The van der Waals surface area contributed by atoms with Crippen LogP contribution in [0.5, 0.6) is 0 Å². The second kappa shape index (κ2) is 2.61. The van der Waals surface area contributed by atoms with E-state index in [4.69, 9.17) is 11.8 Å². The topological polar surface area (TPSA) is 41.0 Å². The fraction of sp³-hybridized carbons (Fsp3) is 0. The molecule has 3 nitrogen and oxygen atoms in total. The van der Waals surface area contributed by atoms with E-state index < -0.39 is 0 Å². The first kappa shape index (κ1) is 6.25. The SMILES string of the molecule is [C-]#[N+]c1cncc(C#N)c1. The molecule has 0 saturated carbocycles. The summed E-state index contributed by atoms with van der Waals surface area (Å²) in [7, 11) is 0. The van der Waals surface area contributed by atoms with Crippen molar-refractivity contribution in [3.63, 3.8) is 0 Å². The van der Waals surface area contributed by atoms with Gasteiger partial charge in [-0.25, -0.2) is 4.85 Å². The fourth-order valence-corrected chi connectivity index (χ4v) is 0.550. The van der Waals surface area contributed by atoms with E-state index in [0.717, 1.165) is 0 Å². The van der Waals surface area contributed by atoms with Gasteiger partial charge in [0.05, 0.1) is 18.2 Å². The van der Waals surface area contributed by atoms with Gasteiger partial charge in [-0.15, -0.1) is 0 Å². The Morgan fingerprint density at radius 1 is 1.60 bits per heavy atom.